The molecule has 2 aromatic rings. The molecule has 0 aliphatic carbocycles. The van der Waals surface area contributed by atoms with E-state index in [1.807, 2.05) is 50.2 Å². The van der Waals surface area contributed by atoms with Crippen molar-refractivity contribution in [3.63, 3.8) is 0 Å². The highest BCUT2D eigenvalue weighted by Crippen LogP contribution is 2.31. The molecule has 4 N–H and O–H groups in total. The molecular formula is C29H47Cl2N3O5. The van der Waals surface area contributed by atoms with Crippen molar-refractivity contribution < 1.29 is 24.1 Å². The van der Waals surface area contributed by atoms with E-state index in [0.717, 1.165) is 18.4 Å². The first kappa shape index (κ1) is 36.9. The summed E-state index contributed by atoms with van der Waals surface area (Å²) in [5.41, 5.74) is 7.39. The van der Waals surface area contributed by atoms with Crippen molar-refractivity contribution >= 4 is 30.7 Å². The Bertz CT molecular complexity index is 963. The van der Waals surface area contributed by atoms with E-state index < -0.39 is 17.6 Å². The predicted molar refractivity (Wildman–Crippen MR) is 160 cm³/mol. The summed E-state index contributed by atoms with van der Waals surface area (Å²) in [5.74, 6) is 1.79. The fourth-order valence-electron chi connectivity index (χ4n) is 4.17. The Morgan fingerprint density at radius 3 is 2.41 bits per heavy atom. The Morgan fingerprint density at radius 1 is 1.10 bits per heavy atom. The molecule has 0 radical (unpaired) electrons. The van der Waals surface area contributed by atoms with Crippen molar-refractivity contribution in [2.75, 3.05) is 34.0 Å². The zero-order chi connectivity index (χ0) is 27.4. The van der Waals surface area contributed by atoms with Crippen LogP contribution < -0.4 is 20.5 Å². The number of hydrogen-bond donors (Lipinski definition) is 3. The van der Waals surface area contributed by atoms with Gasteiger partial charge in [0.25, 0.3) is 0 Å². The third-order valence-corrected chi connectivity index (χ3v) is 6.83. The van der Waals surface area contributed by atoms with Crippen LogP contribution in [0.25, 0.3) is 0 Å². The normalized spacial score (nSPS) is 13.5. The standard InChI is InChI=1S/C29H45N3O5.2ClH/c1-20(2)22(16-21-11-12-25(36-6)26(17-21)37-15-9-14-35-5)18-23(30)24(33)19-32-28(34)29(3,4)27-10-7-8-13-31-27;;/h7-8,10-13,17,20,22-24,33H,9,14-16,18-19,30H2,1-6H3,(H,32,34);2*1H/t22-,23-,24-;;/m0../s1. The number of aromatic nitrogens is 1. The second-order valence-electron chi connectivity index (χ2n) is 10.4. The molecule has 1 heterocycles. The number of benzene rings is 1. The Balaban J connectivity index is 0.00000722. The highest BCUT2D eigenvalue weighted by molar-refractivity contribution is 5.86. The number of nitrogens with one attached hydrogen (secondary N) is 1. The molecule has 0 unspecified atom stereocenters. The first-order valence-electron chi connectivity index (χ1n) is 13.0. The molecule has 8 nitrogen and oxygen atoms in total. The third kappa shape index (κ3) is 11.5. The molecule has 0 fully saturated rings. The van der Waals surface area contributed by atoms with Crippen molar-refractivity contribution in [1.29, 1.82) is 0 Å². The number of aliphatic hydroxyl groups is 1. The lowest BCUT2D eigenvalue weighted by atomic mass is 9.83. The van der Waals surface area contributed by atoms with Gasteiger partial charge in [0.15, 0.2) is 11.5 Å². The molecule has 222 valence electrons. The first-order chi connectivity index (χ1) is 17.6. The highest BCUT2D eigenvalue weighted by atomic mass is 35.5. The largest absolute Gasteiger partial charge is 0.493 e. The van der Waals surface area contributed by atoms with Crippen LogP contribution in [0.15, 0.2) is 42.6 Å². The van der Waals surface area contributed by atoms with Crippen LogP contribution in [0, 0.1) is 11.8 Å². The van der Waals surface area contributed by atoms with E-state index in [1.165, 1.54) is 0 Å². The Morgan fingerprint density at radius 2 is 1.82 bits per heavy atom. The number of amides is 1. The Kier molecular flexibility index (Phi) is 17.3. The van der Waals surface area contributed by atoms with Gasteiger partial charge in [-0.15, -0.1) is 24.8 Å². The molecule has 0 aliphatic rings. The highest BCUT2D eigenvalue weighted by Gasteiger charge is 2.32. The molecule has 1 aromatic carbocycles. The molecule has 1 aromatic heterocycles. The summed E-state index contributed by atoms with van der Waals surface area (Å²) in [6.07, 6.45) is 3.01. The van der Waals surface area contributed by atoms with Crippen LogP contribution in [0.4, 0.5) is 0 Å². The number of halogens is 2. The summed E-state index contributed by atoms with van der Waals surface area (Å²) in [4.78, 5) is 17.1. The monoisotopic (exact) mass is 587 g/mol. The lowest BCUT2D eigenvalue weighted by Gasteiger charge is -2.29. The van der Waals surface area contributed by atoms with Gasteiger partial charge in [-0.3, -0.25) is 9.78 Å². The van der Waals surface area contributed by atoms with Gasteiger partial charge in [0, 0.05) is 38.9 Å². The van der Waals surface area contributed by atoms with Crippen molar-refractivity contribution in [2.24, 2.45) is 17.6 Å². The number of ether oxygens (including phenoxy) is 3. The minimum absolute atomic E-state index is 0. The smallest absolute Gasteiger partial charge is 0.231 e. The molecule has 0 saturated heterocycles. The van der Waals surface area contributed by atoms with Crippen LogP contribution in [0.3, 0.4) is 0 Å². The van der Waals surface area contributed by atoms with Gasteiger partial charge in [0.1, 0.15) is 0 Å². The summed E-state index contributed by atoms with van der Waals surface area (Å²) in [5, 5.41) is 13.6. The van der Waals surface area contributed by atoms with Crippen molar-refractivity contribution in [3.8, 4) is 11.5 Å². The maximum absolute atomic E-state index is 12.8. The molecule has 2 rings (SSSR count). The van der Waals surface area contributed by atoms with E-state index in [4.69, 9.17) is 19.9 Å². The van der Waals surface area contributed by atoms with Gasteiger partial charge in [-0.25, -0.2) is 0 Å². The molecule has 10 heteroatoms. The van der Waals surface area contributed by atoms with E-state index in [2.05, 4.69) is 24.1 Å². The van der Waals surface area contributed by atoms with Crippen LogP contribution >= 0.6 is 24.8 Å². The third-order valence-electron chi connectivity index (χ3n) is 6.83. The topological polar surface area (TPSA) is 116 Å². The Hall–Kier alpha value is -2.10. The van der Waals surface area contributed by atoms with Crippen LogP contribution in [-0.4, -0.2) is 62.1 Å². The zero-order valence-corrected chi connectivity index (χ0v) is 25.6. The summed E-state index contributed by atoms with van der Waals surface area (Å²) in [6.45, 7) is 9.22. The second-order valence-corrected chi connectivity index (χ2v) is 10.4. The van der Waals surface area contributed by atoms with Crippen molar-refractivity contribution in [2.45, 2.75) is 64.5 Å². The molecule has 39 heavy (non-hydrogen) atoms. The predicted octanol–water partition coefficient (Wildman–Crippen LogP) is 4.34. The average Bonchev–Trinajstić information content (AvgIpc) is 2.89. The molecule has 0 bridgehead atoms. The SMILES string of the molecule is COCCCOc1cc(C[C@@H](C[C@H](N)[C@@H](O)CNC(=O)C(C)(C)c2ccccn2)C(C)C)ccc1OC.Cl.Cl. The van der Waals surface area contributed by atoms with E-state index in [0.29, 0.717) is 42.7 Å². The number of nitrogens with zero attached hydrogens (tertiary/aromatic N) is 1. The minimum atomic E-state index is -0.861. The number of carbonyl (C=O) groups is 1. The summed E-state index contributed by atoms with van der Waals surface area (Å²) < 4.78 is 16.5. The minimum Gasteiger partial charge on any atom is -0.493 e. The number of hydrogen-bond acceptors (Lipinski definition) is 7. The fraction of sp³-hybridized carbons (Fsp3) is 0.586. The van der Waals surface area contributed by atoms with Crippen molar-refractivity contribution in [3.05, 3.63) is 53.9 Å². The van der Waals surface area contributed by atoms with Gasteiger partial charge in [0.2, 0.25) is 5.91 Å². The van der Waals surface area contributed by atoms with Crippen LogP contribution in [0.2, 0.25) is 0 Å². The number of methoxy groups -OCH3 is 2. The summed E-state index contributed by atoms with van der Waals surface area (Å²) >= 11 is 0. The van der Waals surface area contributed by atoms with Gasteiger partial charge >= 0.3 is 0 Å². The zero-order valence-electron chi connectivity index (χ0n) is 24.0. The van der Waals surface area contributed by atoms with Gasteiger partial charge in [-0.05, 0) is 68.4 Å². The molecule has 0 aliphatic heterocycles. The van der Waals surface area contributed by atoms with Gasteiger partial charge in [-0.2, -0.15) is 0 Å². The summed E-state index contributed by atoms with van der Waals surface area (Å²) in [7, 11) is 3.30. The number of carbonyl (C=O) groups excluding carboxylic acids is 1. The average molecular weight is 589 g/mol. The quantitative estimate of drug-likeness (QED) is 0.250. The number of aliphatic hydroxyl groups excluding tert-OH is 1. The van der Waals surface area contributed by atoms with Gasteiger partial charge in [-0.1, -0.05) is 26.0 Å². The van der Waals surface area contributed by atoms with E-state index in [9.17, 15) is 9.90 Å². The van der Waals surface area contributed by atoms with Gasteiger partial charge in [0.05, 0.1) is 30.9 Å². The van der Waals surface area contributed by atoms with Gasteiger partial charge < -0.3 is 30.4 Å². The van der Waals surface area contributed by atoms with Crippen LogP contribution in [-0.2, 0) is 21.4 Å². The van der Waals surface area contributed by atoms with Crippen LogP contribution in [0.5, 0.6) is 11.5 Å². The number of nitrogens with two attached hydrogens (primary N) is 1. The molecule has 1 amide bonds. The lowest BCUT2D eigenvalue weighted by molar-refractivity contribution is -0.126. The lowest BCUT2D eigenvalue weighted by Crippen LogP contribution is -2.48. The second kappa shape index (κ2) is 18.3. The Labute approximate surface area is 246 Å². The maximum atomic E-state index is 12.8. The number of pyridine rings is 1. The van der Waals surface area contributed by atoms with E-state index in [-0.39, 0.29) is 43.2 Å². The molecular weight excluding hydrogens is 541 g/mol. The van der Waals surface area contributed by atoms with E-state index >= 15 is 0 Å². The molecule has 0 saturated carbocycles. The fourth-order valence-corrected chi connectivity index (χ4v) is 4.17. The van der Waals surface area contributed by atoms with Crippen LogP contribution in [0.1, 0.15) is 51.8 Å². The number of rotatable bonds is 16. The molecule has 3 atom stereocenters. The summed E-state index contributed by atoms with van der Waals surface area (Å²) in [6, 6.07) is 11.0. The molecule has 0 spiro atoms. The first-order valence-corrected chi connectivity index (χ1v) is 13.0. The van der Waals surface area contributed by atoms with E-state index in [1.54, 1.807) is 20.4 Å². The maximum Gasteiger partial charge on any atom is 0.231 e. The van der Waals surface area contributed by atoms with Crippen molar-refractivity contribution in [1.82, 2.24) is 10.3 Å².